The van der Waals surface area contributed by atoms with Crippen molar-refractivity contribution in [3.05, 3.63) is 24.3 Å². The van der Waals surface area contributed by atoms with Gasteiger partial charge in [0.2, 0.25) is 5.13 Å². The molecule has 11 nitrogen and oxygen atoms in total. The molecule has 0 radical (unpaired) electrons. The molecule has 34 heavy (non-hydrogen) atoms. The molecule has 3 heterocycles. The summed E-state index contributed by atoms with van der Waals surface area (Å²) in [6.07, 6.45) is -6.68. The van der Waals surface area contributed by atoms with Gasteiger partial charge in [0, 0.05) is 25.3 Å². The molecule has 2 aromatic rings. The lowest BCUT2D eigenvalue weighted by Gasteiger charge is -2.44. The Labute approximate surface area is 205 Å². The van der Waals surface area contributed by atoms with Crippen molar-refractivity contribution < 1.29 is 30.0 Å². The van der Waals surface area contributed by atoms with E-state index in [1.165, 1.54) is 21.1 Å². The number of ether oxygens (including phenoxy) is 1. The predicted octanol–water partition coefficient (Wildman–Crippen LogP) is -0.217. The first kappa shape index (κ1) is 24.9. The molecule has 0 saturated carbocycles. The Kier molecular flexibility index (Phi) is 7.14. The van der Waals surface area contributed by atoms with E-state index < -0.39 is 43.3 Å². The third-order valence-corrected chi connectivity index (χ3v) is 7.37. The van der Waals surface area contributed by atoms with E-state index in [4.69, 9.17) is 17.0 Å². The van der Waals surface area contributed by atoms with Crippen LogP contribution in [0, 0.1) is 0 Å². The van der Waals surface area contributed by atoms with Gasteiger partial charge in [0.1, 0.15) is 35.5 Å². The first-order valence-electron chi connectivity index (χ1n) is 10.8. The van der Waals surface area contributed by atoms with Crippen molar-refractivity contribution in [2.24, 2.45) is 0 Å². The molecule has 0 bridgehead atoms. The third kappa shape index (κ3) is 4.17. The minimum atomic E-state index is -1.58. The summed E-state index contributed by atoms with van der Waals surface area (Å²) in [7, 11) is 3.90. The molecule has 13 heteroatoms. The standard InChI is InChI=1S/C21H27N5O6S2/c1-4-12-18(31)26(20-23-22-17(34-20)10-5-7-11(8-6-10)24(2)3)21(33)25(12)19-16(30)15(29)14(28)13(9-27)32-19/h5-8,12-16,19,27-30H,4,9H2,1-3H3/t12?,13-,14-,15+,16-,19-/m1/s1. The largest absolute Gasteiger partial charge is 0.394 e. The van der Waals surface area contributed by atoms with E-state index >= 15 is 0 Å². The van der Waals surface area contributed by atoms with E-state index in [-0.39, 0.29) is 16.2 Å². The topological polar surface area (TPSA) is 143 Å². The second kappa shape index (κ2) is 9.77. The van der Waals surface area contributed by atoms with Crippen LogP contribution >= 0.6 is 23.6 Å². The van der Waals surface area contributed by atoms with Crippen LogP contribution in [0.15, 0.2) is 24.3 Å². The Morgan fingerprint density at radius 2 is 1.79 bits per heavy atom. The fraction of sp³-hybridized carbons (Fsp3) is 0.524. The molecule has 2 fully saturated rings. The number of benzene rings is 1. The summed E-state index contributed by atoms with van der Waals surface area (Å²) in [4.78, 5) is 17.9. The van der Waals surface area contributed by atoms with Crippen LogP contribution in [0.3, 0.4) is 0 Å². The molecule has 4 N–H and O–H groups in total. The summed E-state index contributed by atoms with van der Waals surface area (Å²) >= 11 is 6.77. The van der Waals surface area contributed by atoms with Crippen molar-refractivity contribution in [2.75, 3.05) is 30.5 Å². The van der Waals surface area contributed by atoms with Crippen molar-refractivity contribution in [2.45, 2.75) is 50.0 Å². The Balaban J connectivity index is 1.62. The fourth-order valence-corrected chi connectivity index (χ4v) is 5.40. The van der Waals surface area contributed by atoms with E-state index in [1.807, 2.05) is 43.3 Å². The van der Waals surface area contributed by atoms with Crippen molar-refractivity contribution >= 4 is 45.4 Å². The van der Waals surface area contributed by atoms with Crippen LogP contribution in [0.2, 0.25) is 0 Å². The summed E-state index contributed by atoms with van der Waals surface area (Å²) in [5.74, 6) is -0.366. The van der Waals surface area contributed by atoms with Gasteiger partial charge in [-0.05, 0) is 42.9 Å². The van der Waals surface area contributed by atoms with Gasteiger partial charge in [0.05, 0.1) is 6.61 Å². The monoisotopic (exact) mass is 509 g/mol. The highest BCUT2D eigenvalue weighted by Gasteiger charge is 2.53. The molecule has 2 saturated heterocycles. The number of nitrogens with zero attached hydrogens (tertiary/aromatic N) is 5. The minimum absolute atomic E-state index is 0.0341. The highest BCUT2D eigenvalue weighted by Crippen LogP contribution is 2.36. The number of rotatable bonds is 6. The molecule has 0 aliphatic carbocycles. The van der Waals surface area contributed by atoms with Crippen LogP contribution in [-0.4, -0.2) is 104 Å². The maximum atomic E-state index is 13.3. The quantitative estimate of drug-likeness (QED) is 0.384. The molecule has 2 aliphatic heterocycles. The molecular weight excluding hydrogens is 482 g/mol. The Hall–Kier alpha value is -2.26. The number of aliphatic hydroxyl groups is 4. The molecule has 6 atom stereocenters. The highest BCUT2D eigenvalue weighted by atomic mass is 32.1. The molecule has 0 spiro atoms. The number of thiocarbonyl (C=S) groups is 1. The van der Waals surface area contributed by atoms with Crippen molar-refractivity contribution in [1.29, 1.82) is 0 Å². The lowest BCUT2D eigenvalue weighted by Crippen LogP contribution is -2.64. The first-order chi connectivity index (χ1) is 16.2. The maximum absolute atomic E-state index is 13.3. The second-order valence-corrected chi connectivity index (χ2v) is 9.66. The highest BCUT2D eigenvalue weighted by molar-refractivity contribution is 7.80. The maximum Gasteiger partial charge on any atom is 0.258 e. The minimum Gasteiger partial charge on any atom is -0.394 e. The molecule has 1 unspecified atom stereocenters. The molecule has 184 valence electrons. The smallest absolute Gasteiger partial charge is 0.258 e. The van der Waals surface area contributed by atoms with Gasteiger partial charge in [0.15, 0.2) is 11.3 Å². The van der Waals surface area contributed by atoms with Gasteiger partial charge in [-0.2, -0.15) is 0 Å². The van der Waals surface area contributed by atoms with Gasteiger partial charge in [-0.15, -0.1) is 10.2 Å². The van der Waals surface area contributed by atoms with Crippen LogP contribution < -0.4 is 9.80 Å². The van der Waals surface area contributed by atoms with Gasteiger partial charge < -0.3 is 35.0 Å². The lowest BCUT2D eigenvalue weighted by atomic mass is 9.97. The number of amides is 1. The molecule has 4 rings (SSSR count). The zero-order valence-electron chi connectivity index (χ0n) is 18.8. The third-order valence-electron chi connectivity index (χ3n) is 6.02. The number of aliphatic hydroxyl groups excluding tert-OH is 4. The Bertz CT molecular complexity index is 1050. The van der Waals surface area contributed by atoms with Crippen LogP contribution in [-0.2, 0) is 9.53 Å². The number of hydrogen-bond acceptors (Lipinski definition) is 11. The summed E-state index contributed by atoms with van der Waals surface area (Å²) < 4.78 is 5.67. The van der Waals surface area contributed by atoms with Gasteiger partial charge >= 0.3 is 0 Å². The van der Waals surface area contributed by atoms with Gasteiger partial charge in [-0.1, -0.05) is 18.3 Å². The predicted molar refractivity (Wildman–Crippen MR) is 129 cm³/mol. The van der Waals surface area contributed by atoms with Gasteiger partial charge in [-0.3, -0.25) is 4.79 Å². The first-order valence-corrected chi connectivity index (χ1v) is 12.0. The van der Waals surface area contributed by atoms with Crippen LogP contribution in [0.25, 0.3) is 10.6 Å². The van der Waals surface area contributed by atoms with Gasteiger partial charge in [-0.25, -0.2) is 4.90 Å². The Morgan fingerprint density at radius 1 is 1.12 bits per heavy atom. The summed E-state index contributed by atoms with van der Waals surface area (Å²) in [6.45, 7) is 1.20. The number of carbonyl (C=O) groups excluding carboxylic acids is 1. The number of anilines is 2. The fourth-order valence-electron chi connectivity index (χ4n) is 4.08. The normalized spacial score (nSPS) is 29.7. The summed E-state index contributed by atoms with van der Waals surface area (Å²) in [6, 6.07) is 6.95. The van der Waals surface area contributed by atoms with E-state index in [0.29, 0.717) is 11.4 Å². The molecule has 1 aromatic carbocycles. The summed E-state index contributed by atoms with van der Waals surface area (Å²) in [5, 5.41) is 49.8. The Morgan fingerprint density at radius 3 is 2.38 bits per heavy atom. The second-order valence-electron chi connectivity index (χ2n) is 8.34. The van der Waals surface area contributed by atoms with E-state index in [9.17, 15) is 25.2 Å². The number of hydrogen-bond donors (Lipinski definition) is 4. The van der Waals surface area contributed by atoms with E-state index in [1.54, 1.807) is 6.92 Å². The molecule has 1 aromatic heterocycles. The zero-order chi connectivity index (χ0) is 24.7. The number of aromatic nitrogens is 2. The van der Waals surface area contributed by atoms with Crippen LogP contribution in [0.4, 0.5) is 10.8 Å². The van der Waals surface area contributed by atoms with Crippen molar-refractivity contribution in [3.8, 4) is 10.6 Å². The van der Waals surface area contributed by atoms with Crippen molar-refractivity contribution in [3.63, 3.8) is 0 Å². The molecule has 2 aliphatic rings. The molecular formula is C21H27N5O6S2. The average molecular weight is 510 g/mol. The number of carbonyl (C=O) groups is 1. The van der Waals surface area contributed by atoms with Gasteiger partial charge in [0.25, 0.3) is 5.91 Å². The van der Waals surface area contributed by atoms with E-state index in [2.05, 4.69) is 10.2 Å². The average Bonchev–Trinajstić information content (AvgIpc) is 3.40. The van der Waals surface area contributed by atoms with Crippen LogP contribution in [0.5, 0.6) is 0 Å². The van der Waals surface area contributed by atoms with Crippen molar-refractivity contribution in [1.82, 2.24) is 15.1 Å². The van der Waals surface area contributed by atoms with Crippen LogP contribution in [0.1, 0.15) is 13.3 Å². The van der Waals surface area contributed by atoms with E-state index in [0.717, 1.165) is 11.3 Å². The SMILES string of the molecule is CCC1C(=O)N(c2nnc(-c3ccc(N(C)C)cc3)s2)C(=S)N1[C@@H]1O[C@H](CO)[C@@H](O)[C@H](O)[C@H]1O. The zero-order valence-corrected chi connectivity index (χ0v) is 20.5. The molecule has 1 amide bonds. The lowest BCUT2D eigenvalue weighted by molar-refractivity contribution is -0.257. The summed E-state index contributed by atoms with van der Waals surface area (Å²) in [5.41, 5.74) is 1.87.